The number of fused-ring (bicyclic) bond motifs is 5. The molecule has 0 N–H and O–H groups in total. The van der Waals surface area contributed by atoms with Gasteiger partial charge in [0, 0.05) is 93.1 Å². The molecule has 0 amide bonds. The zero-order valence-electron chi connectivity index (χ0n) is 72.4. The van der Waals surface area contributed by atoms with Gasteiger partial charge < -0.3 is 0 Å². The van der Waals surface area contributed by atoms with Crippen LogP contribution in [0, 0.1) is 13.8 Å². The maximum Gasteiger partial charge on any atom is 0.137 e. The van der Waals surface area contributed by atoms with E-state index in [-0.39, 0.29) is 0 Å². The predicted octanol–water partition coefficient (Wildman–Crippen LogP) is 31.4. The van der Waals surface area contributed by atoms with E-state index in [1.807, 2.05) is 87.1 Å². The molecular formula is C122H87N9. The van der Waals surface area contributed by atoms with Crippen molar-refractivity contribution in [3.05, 3.63) is 491 Å². The highest BCUT2D eigenvalue weighted by Crippen LogP contribution is 2.45. The van der Waals surface area contributed by atoms with Crippen molar-refractivity contribution in [2.45, 2.75) is 13.8 Å². The zero-order chi connectivity index (χ0) is 88.1. The maximum absolute atomic E-state index is 5.12. The third kappa shape index (κ3) is 16.5. The van der Waals surface area contributed by atoms with Gasteiger partial charge >= 0.3 is 0 Å². The van der Waals surface area contributed by atoms with E-state index in [1.54, 1.807) is 0 Å². The molecule has 14 aromatic carbocycles. The third-order valence-corrected chi connectivity index (χ3v) is 24.4. The molecule has 0 unspecified atom stereocenters. The quantitative estimate of drug-likeness (QED) is 0.0902. The summed E-state index contributed by atoms with van der Waals surface area (Å²) >= 11 is 0. The van der Waals surface area contributed by atoms with Gasteiger partial charge in [-0.1, -0.05) is 298 Å². The molecule has 9 nitrogen and oxygen atoms in total. The fourth-order valence-corrected chi connectivity index (χ4v) is 18.2. The molecule has 0 spiro atoms. The molecule has 0 fully saturated rings. The van der Waals surface area contributed by atoms with Crippen molar-refractivity contribution in [3.8, 4) is 168 Å². The van der Waals surface area contributed by atoms with Crippen LogP contribution in [0.2, 0.25) is 0 Å². The Morgan fingerprint density at radius 1 is 0.229 bits per heavy atom. The van der Waals surface area contributed by atoms with Crippen LogP contribution >= 0.6 is 0 Å². The molecule has 0 radical (unpaired) electrons. The van der Waals surface area contributed by atoms with E-state index in [0.29, 0.717) is 0 Å². The Hall–Kier alpha value is -17.4. The van der Waals surface area contributed by atoms with Crippen molar-refractivity contribution in [1.29, 1.82) is 0 Å². The molecule has 0 atom stereocenters. The van der Waals surface area contributed by atoms with Gasteiger partial charge in [-0.15, -0.1) is 0 Å². The van der Waals surface area contributed by atoms with E-state index in [0.717, 1.165) is 191 Å². The van der Waals surface area contributed by atoms with Gasteiger partial charge in [-0.25, -0.2) is 15.0 Å². The Bertz CT molecular complexity index is 7860. The van der Waals surface area contributed by atoms with E-state index in [4.69, 9.17) is 19.9 Å². The van der Waals surface area contributed by atoms with Gasteiger partial charge in [0.2, 0.25) is 0 Å². The highest BCUT2D eigenvalue weighted by Gasteiger charge is 2.23. The molecule has 0 aliphatic carbocycles. The largest absolute Gasteiger partial charge is 0.299 e. The van der Waals surface area contributed by atoms with E-state index in [9.17, 15) is 0 Å². The summed E-state index contributed by atoms with van der Waals surface area (Å²) in [6.07, 6.45) is 15.6. The van der Waals surface area contributed by atoms with Crippen LogP contribution in [0.1, 0.15) is 22.5 Å². The monoisotopic (exact) mass is 1680 g/mol. The number of aryl methyl sites for hydroxylation is 2. The lowest BCUT2D eigenvalue weighted by atomic mass is 9.91. The fourth-order valence-electron chi connectivity index (χ4n) is 18.2. The van der Waals surface area contributed by atoms with Gasteiger partial charge in [-0.05, 0) is 276 Å². The number of aromatic nitrogens is 9. The first-order valence-corrected chi connectivity index (χ1v) is 44.1. The van der Waals surface area contributed by atoms with Crippen LogP contribution in [0.15, 0.2) is 469 Å². The second-order valence-corrected chi connectivity index (χ2v) is 32.9. The lowest BCUT2D eigenvalue weighted by Crippen LogP contribution is -1.92. The second-order valence-electron chi connectivity index (χ2n) is 32.9. The molecule has 23 rings (SSSR count). The minimum absolute atomic E-state index is 0.922. The van der Waals surface area contributed by atoms with Crippen molar-refractivity contribution in [1.82, 2.24) is 43.1 Å². The first-order valence-electron chi connectivity index (χ1n) is 44.1. The number of benzene rings is 14. The van der Waals surface area contributed by atoms with E-state index in [1.165, 1.54) is 38.2 Å². The Balaban J connectivity index is 0.000000119. The van der Waals surface area contributed by atoms with Crippen molar-refractivity contribution in [3.63, 3.8) is 0 Å². The van der Waals surface area contributed by atoms with E-state index in [2.05, 4.69) is 431 Å². The van der Waals surface area contributed by atoms with Crippen LogP contribution < -0.4 is 0 Å². The molecule has 9 aromatic heterocycles. The minimum atomic E-state index is 0.922. The summed E-state index contributed by atoms with van der Waals surface area (Å²) in [7, 11) is 0. The van der Waals surface area contributed by atoms with Gasteiger partial charge in [0.05, 0.1) is 39.9 Å². The number of imidazole rings is 3. The van der Waals surface area contributed by atoms with Gasteiger partial charge in [0.1, 0.15) is 16.9 Å². The average Bonchev–Trinajstić information content (AvgIpc) is 1.69. The SMILES string of the molecule is C=Cc1ccc(-c2cc(-c3cccc(-c4nc5ccccn5c4-c4ccccc4)c3)cc(-c3cc(C)nc(C)c3)c2)cc1C=C.c1ccc(-c2c(-c3cccc(-c4cc(-c5ccccn5)cc(-c5cccc6ccccc56)c4)c3)nc3ccccn23)cc1.c1ccc(-c2c(-c3cccc(-c4cc(-c5cccnc5)cc(-c5cccc6ccccc56)c4)c3)nc3ccccn23)cc1. The normalized spacial score (nSPS) is 11.2. The molecule has 9 heterocycles. The van der Waals surface area contributed by atoms with Gasteiger partial charge in [-0.2, -0.15) is 0 Å². The molecule has 0 aliphatic rings. The molecule has 0 saturated heterocycles. The Morgan fingerprint density at radius 2 is 0.565 bits per heavy atom. The number of hydrogen-bond acceptors (Lipinski definition) is 6. The lowest BCUT2D eigenvalue weighted by Gasteiger charge is -2.14. The summed E-state index contributed by atoms with van der Waals surface area (Å²) in [6, 6.07) is 148. The maximum atomic E-state index is 5.12. The van der Waals surface area contributed by atoms with Crippen molar-refractivity contribution < 1.29 is 0 Å². The Kier molecular flexibility index (Phi) is 22.1. The zero-order valence-corrected chi connectivity index (χ0v) is 72.4. The lowest BCUT2D eigenvalue weighted by molar-refractivity contribution is 1.12. The summed E-state index contributed by atoms with van der Waals surface area (Å²) in [4.78, 5) is 29.1. The van der Waals surface area contributed by atoms with Crippen LogP contribution in [0.25, 0.3) is 218 Å². The summed E-state index contributed by atoms with van der Waals surface area (Å²) in [6.45, 7) is 12.1. The summed E-state index contributed by atoms with van der Waals surface area (Å²) < 4.78 is 6.53. The highest BCUT2D eigenvalue weighted by atomic mass is 15.0. The van der Waals surface area contributed by atoms with E-state index >= 15 is 0 Å². The number of pyridine rings is 6. The van der Waals surface area contributed by atoms with Crippen molar-refractivity contribution >= 4 is 50.6 Å². The topological polar surface area (TPSA) is 90.6 Å². The van der Waals surface area contributed by atoms with Crippen LogP contribution in [0.3, 0.4) is 0 Å². The van der Waals surface area contributed by atoms with Crippen LogP contribution in [0.5, 0.6) is 0 Å². The van der Waals surface area contributed by atoms with Crippen LogP contribution in [0.4, 0.5) is 0 Å². The van der Waals surface area contributed by atoms with Crippen molar-refractivity contribution in [2.24, 2.45) is 0 Å². The summed E-state index contributed by atoms with van der Waals surface area (Å²) in [5, 5.41) is 4.94. The highest BCUT2D eigenvalue weighted by molar-refractivity contribution is 6.01. The predicted molar refractivity (Wildman–Crippen MR) is 545 cm³/mol. The molecule has 0 saturated carbocycles. The molecule has 0 aliphatic heterocycles. The van der Waals surface area contributed by atoms with Gasteiger partial charge in [0.25, 0.3) is 0 Å². The molecule has 23 aromatic rings. The smallest absolute Gasteiger partial charge is 0.137 e. The summed E-state index contributed by atoms with van der Waals surface area (Å²) in [5.41, 5.74) is 40.1. The third-order valence-electron chi connectivity index (χ3n) is 24.4. The molecule has 620 valence electrons. The first-order chi connectivity index (χ1) is 64.6. The van der Waals surface area contributed by atoms with E-state index < -0.39 is 0 Å². The molecular weight excluding hydrogens is 1590 g/mol. The minimum Gasteiger partial charge on any atom is -0.299 e. The Morgan fingerprint density at radius 3 is 0.992 bits per heavy atom. The molecule has 0 bridgehead atoms. The number of nitrogens with zero attached hydrogens (tertiary/aromatic N) is 9. The standard InChI is InChI=1S/C42H33N3.2C40H27N3/c1-5-30-18-19-34(23-31(30)6-2)38-25-37(26-39(27-38)36-21-28(3)43-29(4)22-36)33-15-12-16-35(24-33)41-42(32-13-8-7-9-14-32)45-20-11-10-17-40(45)44-41;1-2-13-29(14-3-1)40-39(42-38-21-7-9-23-43(38)40)31-17-10-16-30(24-31)32-25-33(27-34(26-32)37-20-6-8-22-41-37)36-19-11-15-28-12-4-5-18-35(28)36;1-2-12-29(13-3-1)40-39(42-38-20-6-7-22-43(38)40)31-16-8-15-30(23-31)33-24-34(32-17-10-21-41-27-32)26-35(25-33)37-19-9-14-28-11-4-5-18-36(28)37/h5-27H,1-2H2,3-4H3;2*1-27H. The van der Waals surface area contributed by atoms with Gasteiger partial charge in [-0.3, -0.25) is 28.2 Å². The number of rotatable bonds is 17. The van der Waals surface area contributed by atoms with Crippen LogP contribution in [-0.4, -0.2) is 43.1 Å². The number of hydrogen-bond donors (Lipinski definition) is 0. The molecule has 9 heteroatoms. The van der Waals surface area contributed by atoms with Crippen LogP contribution in [-0.2, 0) is 0 Å². The average molecular weight is 1680 g/mol. The first kappa shape index (κ1) is 80.7. The van der Waals surface area contributed by atoms with Crippen molar-refractivity contribution in [2.75, 3.05) is 0 Å². The van der Waals surface area contributed by atoms with Gasteiger partial charge in [0.15, 0.2) is 0 Å². The Labute approximate surface area is 761 Å². The molecule has 131 heavy (non-hydrogen) atoms. The summed E-state index contributed by atoms with van der Waals surface area (Å²) in [5.74, 6) is 0. The fraction of sp³-hybridized carbons (Fsp3) is 0.0164. The second kappa shape index (κ2) is 35.9.